The first-order valence-corrected chi connectivity index (χ1v) is 10.1. The average molecular weight is 401 g/mol. The van der Waals surface area contributed by atoms with Crippen LogP contribution in [0.1, 0.15) is 73.6 Å². The molecule has 0 saturated heterocycles. The van der Waals surface area contributed by atoms with Gasteiger partial charge in [-0.15, -0.1) is 0 Å². The van der Waals surface area contributed by atoms with E-state index >= 15 is 0 Å². The van der Waals surface area contributed by atoms with Crippen LogP contribution in [0.4, 0.5) is 0 Å². The largest absolute Gasteiger partial charge is 0.456 e. The predicted octanol–water partition coefficient (Wildman–Crippen LogP) is 7.48. The minimum Gasteiger partial charge on any atom is -0.456 e. The molecule has 0 aromatic rings. The molecule has 0 bridgehead atoms. The molecule has 0 saturated carbocycles. The van der Waals surface area contributed by atoms with Gasteiger partial charge in [0.2, 0.25) is 4.84 Å². The fourth-order valence-corrected chi connectivity index (χ4v) is 2.45. The van der Waals surface area contributed by atoms with E-state index in [4.69, 9.17) is 27.9 Å². The second-order valence-corrected chi connectivity index (χ2v) is 8.31. The number of allylic oxidation sites excluding steroid dienone is 6. The average Bonchev–Trinajstić information content (AvgIpc) is 2.51. The summed E-state index contributed by atoms with van der Waals surface area (Å²) < 4.78 is 5.45. The molecule has 2 nitrogen and oxygen atoms in total. The Morgan fingerprint density at radius 3 is 1.81 bits per heavy atom. The van der Waals surface area contributed by atoms with Crippen molar-refractivity contribution >= 4 is 29.2 Å². The van der Waals surface area contributed by atoms with Crippen LogP contribution in [0.25, 0.3) is 0 Å². The van der Waals surface area contributed by atoms with Gasteiger partial charge in [-0.2, -0.15) is 0 Å². The first-order chi connectivity index (χ1) is 12.1. The fraction of sp³-hybridized carbons (Fsp3) is 0.591. The third-order valence-electron chi connectivity index (χ3n) is 3.80. The molecule has 0 rings (SSSR count). The summed E-state index contributed by atoms with van der Waals surface area (Å²) in [5.41, 5.74) is 5.11. The van der Waals surface area contributed by atoms with Gasteiger partial charge in [-0.1, -0.05) is 63.7 Å². The molecule has 0 radical (unpaired) electrons. The van der Waals surface area contributed by atoms with Crippen molar-refractivity contribution in [2.75, 3.05) is 0 Å². The molecule has 4 heteroatoms. The van der Waals surface area contributed by atoms with Crippen molar-refractivity contribution in [3.63, 3.8) is 0 Å². The van der Waals surface area contributed by atoms with Gasteiger partial charge in [0.05, 0.1) is 0 Å². The van der Waals surface area contributed by atoms with Crippen molar-refractivity contribution in [2.45, 2.75) is 84.6 Å². The third-order valence-corrected chi connectivity index (χ3v) is 4.15. The minimum atomic E-state index is -1.15. The third kappa shape index (κ3) is 14.2. The highest BCUT2D eigenvalue weighted by atomic mass is 35.5. The van der Waals surface area contributed by atoms with Crippen LogP contribution in [0.3, 0.4) is 0 Å². The van der Waals surface area contributed by atoms with E-state index in [1.54, 1.807) is 0 Å². The lowest BCUT2D eigenvalue weighted by Gasteiger charge is -2.15. The molecule has 0 aliphatic rings. The Bertz CT molecular complexity index is 546. The van der Waals surface area contributed by atoms with E-state index in [1.807, 2.05) is 6.08 Å². The Morgan fingerprint density at radius 2 is 1.35 bits per heavy atom. The molecule has 0 N–H and O–H groups in total. The molecular formula is C22H34Cl2O2. The van der Waals surface area contributed by atoms with Crippen molar-refractivity contribution in [3.8, 4) is 0 Å². The highest BCUT2D eigenvalue weighted by Gasteiger charge is 2.17. The van der Waals surface area contributed by atoms with Gasteiger partial charge in [-0.05, 0) is 73.3 Å². The van der Waals surface area contributed by atoms with E-state index in [-0.39, 0.29) is 6.10 Å². The smallest absolute Gasteiger partial charge is 0.340 e. The summed E-state index contributed by atoms with van der Waals surface area (Å²) in [4.78, 5) is 10.6. The summed E-state index contributed by atoms with van der Waals surface area (Å²) in [7, 11) is 0. The number of hydrogen-bond acceptors (Lipinski definition) is 2. The van der Waals surface area contributed by atoms with E-state index < -0.39 is 10.8 Å². The second-order valence-electron chi connectivity index (χ2n) is 7.22. The lowest BCUT2D eigenvalue weighted by atomic mass is 10.0. The van der Waals surface area contributed by atoms with Crippen molar-refractivity contribution < 1.29 is 9.53 Å². The summed E-state index contributed by atoms with van der Waals surface area (Å²) in [5, 5.41) is 0. The van der Waals surface area contributed by atoms with Crippen LogP contribution in [0.5, 0.6) is 0 Å². The maximum absolute atomic E-state index is 11.8. The van der Waals surface area contributed by atoms with Gasteiger partial charge in [-0.25, -0.2) is 4.79 Å². The first kappa shape index (κ1) is 25.0. The van der Waals surface area contributed by atoms with Gasteiger partial charge >= 0.3 is 5.97 Å². The maximum atomic E-state index is 11.8. The summed E-state index contributed by atoms with van der Waals surface area (Å²) in [5.74, 6) is -0.595. The molecule has 0 spiro atoms. The molecule has 0 amide bonds. The SMILES string of the molecule is CC(C)=CCCC(C)=CCC(C=C(C)CCC=C(C)C)OC(=O)C(Cl)Cl. The zero-order valence-electron chi connectivity index (χ0n) is 17.1. The molecule has 148 valence electrons. The van der Waals surface area contributed by atoms with Crippen LogP contribution in [0.2, 0.25) is 0 Å². The normalized spacial score (nSPS) is 13.4. The van der Waals surface area contributed by atoms with E-state index in [2.05, 4.69) is 59.8 Å². The number of rotatable bonds is 11. The van der Waals surface area contributed by atoms with Crippen LogP contribution in [0, 0.1) is 0 Å². The summed E-state index contributed by atoms with van der Waals surface area (Å²) >= 11 is 11.3. The molecule has 0 aromatic heterocycles. The minimum absolute atomic E-state index is 0.340. The molecule has 1 atom stereocenters. The standard InChI is InChI=1S/C22H34Cl2O2/c1-16(2)9-7-11-18(5)13-14-20(26-22(25)21(23)24)15-19(6)12-8-10-17(3)4/h9-10,13,15,20-21H,7-8,11-12,14H2,1-6H3. The van der Waals surface area contributed by atoms with Crippen molar-refractivity contribution in [3.05, 3.63) is 46.6 Å². The van der Waals surface area contributed by atoms with E-state index in [9.17, 15) is 4.79 Å². The number of carbonyl (C=O) groups excluding carboxylic acids is 1. The number of alkyl halides is 2. The van der Waals surface area contributed by atoms with Crippen molar-refractivity contribution in [1.29, 1.82) is 0 Å². The molecule has 1 unspecified atom stereocenters. The van der Waals surface area contributed by atoms with E-state index in [1.165, 1.54) is 22.3 Å². The number of halogens is 2. The summed E-state index contributed by atoms with van der Waals surface area (Å²) in [6.07, 6.45) is 12.8. The summed E-state index contributed by atoms with van der Waals surface area (Å²) in [6.45, 7) is 12.6. The van der Waals surface area contributed by atoms with Crippen molar-refractivity contribution in [2.24, 2.45) is 0 Å². The van der Waals surface area contributed by atoms with Gasteiger partial charge in [0.25, 0.3) is 0 Å². The molecular weight excluding hydrogens is 367 g/mol. The van der Waals surface area contributed by atoms with E-state index in [0.717, 1.165) is 25.7 Å². The first-order valence-electron chi connectivity index (χ1n) is 9.20. The Hall–Kier alpha value is -0.990. The van der Waals surface area contributed by atoms with Crippen LogP contribution < -0.4 is 0 Å². The number of ether oxygens (including phenoxy) is 1. The van der Waals surface area contributed by atoms with E-state index in [0.29, 0.717) is 6.42 Å². The van der Waals surface area contributed by atoms with Crippen molar-refractivity contribution in [1.82, 2.24) is 0 Å². The quantitative estimate of drug-likeness (QED) is 0.204. The topological polar surface area (TPSA) is 26.3 Å². The number of carbonyl (C=O) groups is 1. The molecule has 0 aromatic carbocycles. The molecule has 0 fully saturated rings. The zero-order valence-corrected chi connectivity index (χ0v) is 18.6. The van der Waals surface area contributed by atoms with Gasteiger partial charge in [-0.3, -0.25) is 0 Å². The maximum Gasteiger partial charge on any atom is 0.340 e. The van der Waals surface area contributed by atoms with Crippen LogP contribution in [-0.2, 0) is 9.53 Å². The Morgan fingerprint density at radius 1 is 0.846 bits per heavy atom. The molecule has 0 aliphatic carbocycles. The van der Waals surface area contributed by atoms with Gasteiger partial charge < -0.3 is 4.74 Å². The number of hydrogen-bond donors (Lipinski definition) is 0. The van der Waals surface area contributed by atoms with Gasteiger partial charge in [0, 0.05) is 6.42 Å². The lowest BCUT2D eigenvalue weighted by molar-refractivity contribution is -0.144. The fourth-order valence-electron chi connectivity index (χ4n) is 2.35. The molecule has 26 heavy (non-hydrogen) atoms. The Kier molecular flexibility index (Phi) is 13.6. The highest BCUT2D eigenvalue weighted by Crippen LogP contribution is 2.16. The Balaban J connectivity index is 4.90. The molecule has 0 heterocycles. The zero-order chi connectivity index (χ0) is 20.1. The summed E-state index contributed by atoms with van der Waals surface area (Å²) in [6, 6.07) is 0. The second kappa shape index (κ2) is 14.1. The monoisotopic (exact) mass is 400 g/mol. The molecule has 0 aliphatic heterocycles. The van der Waals surface area contributed by atoms with Gasteiger partial charge in [0.15, 0.2) is 0 Å². The van der Waals surface area contributed by atoms with Crippen LogP contribution in [0.15, 0.2) is 46.6 Å². The number of esters is 1. The van der Waals surface area contributed by atoms with Crippen LogP contribution in [-0.4, -0.2) is 16.9 Å². The Labute approximate surface area is 170 Å². The highest BCUT2D eigenvalue weighted by molar-refractivity contribution is 6.52. The van der Waals surface area contributed by atoms with Gasteiger partial charge in [0.1, 0.15) is 6.10 Å². The predicted molar refractivity (Wildman–Crippen MR) is 115 cm³/mol. The lowest BCUT2D eigenvalue weighted by Crippen LogP contribution is -2.20. The van der Waals surface area contributed by atoms with Crippen LogP contribution >= 0.6 is 23.2 Å².